The van der Waals surface area contributed by atoms with Crippen LogP contribution >= 0.6 is 11.8 Å². The van der Waals surface area contributed by atoms with Gasteiger partial charge in [0.15, 0.2) is 0 Å². The van der Waals surface area contributed by atoms with Gasteiger partial charge in [-0.1, -0.05) is 42.2 Å². The Morgan fingerprint density at radius 1 is 1.00 bits per heavy atom. The van der Waals surface area contributed by atoms with Gasteiger partial charge < -0.3 is 5.11 Å². The van der Waals surface area contributed by atoms with Crippen molar-refractivity contribution in [2.45, 2.75) is 11.0 Å². The molecule has 1 atom stereocenters. The molecule has 0 radical (unpaired) electrons. The Balaban J connectivity index is 2.12. The minimum atomic E-state index is -0.735. The summed E-state index contributed by atoms with van der Waals surface area (Å²) >= 11 is 1.68. The van der Waals surface area contributed by atoms with Crippen LogP contribution in [0.4, 0.5) is 0 Å². The van der Waals surface area contributed by atoms with Gasteiger partial charge in [0.2, 0.25) is 0 Å². The van der Waals surface area contributed by atoms with Crippen LogP contribution in [0.15, 0.2) is 59.5 Å². The maximum Gasteiger partial charge on any atom is 0.140 e. The number of hydrogen-bond donors (Lipinski definition) is 1. The Hall–Kier alpha value is -1.69. The van der Waals surface area contributed by atoms with Crippen molar-refractivity contribution in [3.05, 3.63) is 65.7 Å². The van der Waals surface area contributed by atoms with Crippen molar-refractivity contribution >= 4 is 11.8 Å². The fourth-order valence-electron chi connectivity index (χ4n) is 1.54. The van der Waals surface area contributed by atoms with Crippen molar-refractivity contribution < 1.29 is 5.11 Å². The summed E-state index contributed by atoms with van der Waals surface area (Å²) in [6.45, 7) is 0. The van der Waals surface area contributed by atoms with Crippen LogP contribution in [0.1, 0.15) is 17.2 Å². The van der Waals surface area contributed by atoms with Gasteiger partial charge >= 0.3 is 0 Å². The molecule has 0 amide bonds. The minimum absolute atomic E-state index is 0.735. The Bertz CT molecular complexity index is 549. The number of benzene rings is 2. The van der Waals surface area contributed by atoms with E-state index < -0.39 is 6.10 Å². The summed E-state index contributed by atoms with van der Waals surface area (Å²) in [6.07, 6.45) is 1.29. The van der Waals surface area contributed by atoms with E-state index in [1.165, 1.54) is 4.90 Å². The molecule has 0 saturated heterocycles. The topological polar surface area (TPSA) is 20.2 Å². The van der Waals surface area contributed by atoms with E-state index >= 15 is 0 Å². The second-order valence-corrected chi connectivity index (χ2v) is 4.69. The molecule has 2 rings (SSSR count). The molecule has 0 unspecified atom stereocenters. The molecular formula is C16H14OS. The minimum Gasteiger partial charge on any atom is -0.376 e. The summed E-state index contributed by atoms with van der Waals surface area (Å²) in [6, 6.07) is 17.5. The van der Waals surface area contributed by atoms with Crippen molar-refractivity contribution in [1.29, 1.82) is 0 Å². The van der Waals surface area contributed by atoms with Gasteiger partial charge in [0.05, 0.1) is 0 Å². The van der Waals surface area contributed by atoms with Crippen molar-refractivity contribution in [3.8, 4) is 11.8 Å². The second kappa shape index (κ2) is 6.30. The van der Waals surface area contributed by atoms with Crippen LogP contribution in [0.3, 0.4) is 0 Å². The van der Waals surface area contributed by atoms with Crippen molar-refractivity contribution in [2.24, 2.45) is 0 Å². The highest BCUT2D eigenvalue weighted by Crippen LogP contribution is 2.18. The number of hydrogen-bond acceptors (Lipinski definition) is 2. The van der Waals surface area contributed by atoms with E-state index in [-0.39, 0.29) is 0 Å². The van der Waals surface area contributed by atoms with Gasteiger partial charge in [-0.3, -0.25) is 0 Å². The number of rotatable bonds is 2. The van der Waals surface area contributed by atoms with Crippen LogP contribution in [-0.4, -0.2) is 11.4 Å². The summed E-state index contributed by atoms with van der Waals surface area (Å²) in [7, 11) is 0. The fraction of sp³-hybridized carbons (Fsp3) is 0.125. The largest absolute Gasteiger partial charge is 0.376 e. The summed E-state index contributed by atoms with van der Waals surface area (Å²) in [5.41, 5.74) is 1.74. The molecule has 0 bridgehead atoms. The van der Waals surface area contributed by atoms with Gasteiger partial charge in [-0.15, -0.1) is 11.8 Å². The van der Waals surface area contributed by atoms with Gasteiger partial charge in [-0.2, -0.15) is 0 Å². The molecule has 2 aromatic carbocycles. The average molecular weight is 254 g/mol. The quantitative estimate of drug-likeness (QED) is 0.654. The Kier molecular flexibility index (Phi) is 4.46. The summed E-state index contributed by atoms with van der Waals surface area (Å²) in [4.78, 5) is 1.18. The first kappa shape index (κ1) is 12.8. The van der Waals surface area contributed by atoms with Crippen LogP contribution in [0.2, 0.25) is 0 Å². The van der Waals surface area contributed by atoms with Crippen LogP contribution in [0.25, 0.3) is 0 Å². The number of aliphatic hydroxyl groups excluding tert-OH is 1. The van der Waals surface area contributed by atoms with E-state index in [9.17, 15) is 5.11 Å². The van der Waals surface area contributed by atoms with E-state index in [0.717, 1.165) is 11.1 Å². The normalized spacial score (nSPS) is 11.4. The van der Waals surface area contributed by atoms with E-state index in [1.807, 2.05) is 60.9 Å². The SMILES string of the molecule is CSc1ccc([C@@H](O)C#Cc2ccccc2)cc1. The zero-order valence-corrected chi connectivity index (χ0v) is 10.9. The van der Waals surface area contributed by atoms with Crippen LogP contribution < -0.4 is 0 Å². The van der Waals surface area contributed by atoms with Crippen LogP contribution in [0.5, 0.6) is 0 Å². The standard InChI is InChI=1S/C16H14OS/c1-18-15-10-8-14(9-11-15)16(17)12-7-13-5-3-2-4-6-13/h2-6,8-11,16-17H,1H3/t16-/m0/s1. The summed E-state index contributed by atoms with van der Waals surface area (Å²) < 4.78 is 0. The Morgan fingerprint density at radius 3 is 2.28 bits per heavy atom. The van der Waals surface area contributed by atoms with E-state index in [1.54, 1.807) is 11.8 Å². The molecule has 0 fully saturated rings. The highest BCUT2D eigenvalue weighted by molar-refractivity contribution is 7.98. The maximum absolute atomic E-state index is 9.97. The van der Waals surface area contributed by atoms with Gasteiger partial charge in [0.1, 0.15) is 6.10 Å². The lowest BCUT2D eigenvalue weighted by molar-refractivity contribution is 0.238. The Morgan fingerprint density at radius 2 is 1.67 bits per heavy atom. The molecule has 0 aromatic heterocycles. The Labute approximate surface area is 112 Å². The zero-order valence-electron chi connectivity index (χ0n) is 10.1. The predicted octanol–water partition coefficient (Wildman–Crippen LogP) is 3.49. The zero-order chi connectivity index (χ0) is 12.8. The van der Waals surface area contributed by atoms with Gasteiger partial charge in [-0.25, -0.2) is 0 Å². The summed E-state index contributed by atoms with van der Waals surface area (Å²) in [5, 5.41) is 9.97. The first-order valence-electron chi connectivity index (χ1n) is 5.68. The molecule has 0 aliphatic carbocycles. The molecule has 0 saturated carbocycles. The van der Waals surface area contributed by atoms with Crippen LogP contribution in [0, 0.1) is 11.8 Å². The maximum atomic E-state index is 9.97. The predicted molar refractivity (Wildman–Crippen MR) is 76.5 cm³/mol. The molecule has 1 nitrogen and oxygen atoms in total. The number of thioether (sulfide) groups is 1. The molecule has 0 heterocycles. The van der Waals surface area contributed by atoms with Crippen molar-refractivity contribution in [3.63, 3.8) is 0 Å². The average Bonchev–Trinajstić information content (AvgIpc) is 2.46. The lowest BCUT2D eigenvalue weighted by Gasteiger charge is -2.04. The van der Waals surface area contributed by atoms with Crippen LogP contribution in [-0.2, 0) is 0 Å². The second-order valence-electron chi connectivity index (χ2n) is 3.81. The third-order valence-electron chi connectivity index (χ3n) is 2.56. The molecule has 0 spiro atoms. The molecule has 2 heteroatoms. The molecule has 1 N–H and O–H groups in total. The smallest absolute Gasteiger partial charge is 0.140 e. The molecule has 2 aromatic rings. The van der Waals surface area contributed by atoms with Gasteiger partial charge in [0.25, 0.3) is 0 Å². The third-order valence-corrected chi connectivity index (χ3v) is 3.30. The van der Waals surface area contributed by atoms with E-state index in [0.29, 0.717) is 0 Å². The van der Waals surface area contributed by atoms with Gasteiger partial charge in [0, 0.05) is 10.5 Å². The third kappa shape index (κ3) is 3.40. The number of aliphatic hydroxyl groups is 1. The molecule has 0 aliphatic rings. The van der Waals surface area contributed by atoms with E-state index in [4.69, 9.17) is 0 Å². The molecular weight excluding hydrogens is 240 g/mol. The first-order valence-corrected chi connectivity index (χ1v) is 6.90. The van der Waals surface area contributed by atoms with Crippen molar-refractivity contribution in [2.75, 3.05) is 6.26 Å². The fourth-order valence-corrected chi connectivity index (χ4v) is 1.95. The highest BCUT2D eigenvalue weighted by Gasteiger charge is 2.02. The van der Waals surface area contributed by atoms with Crippen molar-refractivity contribution in [1.82, 2.24) is 0 Å². The summed E-state index contributed by atoms with van der Waals surface area (Å²) in [5.74, 6) is 5.82. The van der Waals surface area contributed by atoms with E-state index in [2.05, 4.69) is 11.8 Å². The lowest BCUT2D eigenvalue weighted by Crippen LogP contribution is -1.93. The van der Waals surface area contributed by atoms with Gasteiger partial charge in [-0.05, 0) is 36.1 Å². The molecule has 18 heavy (non-hydrogen) atoms. The lowest BCUT2D eigenvalue weighted by atomic mass is 10.1. The molecule has 90 valence electrons. The monoisotopic (exact) mass is 254 g/mol. The first-order chi connectivity index (χ1) is 8.79. The molecule has 0 aliphatic heterocycles. The highest BCUT2D eigenvalue weighted by atomic mass is 32.2.